The summed E-state index contributed by atoms with van der Waals surface area (Å²) in [6.07, 6.45) is 1.73. The van der Waals surface area contributed by atoms with E-state index in [0.717, 1.165) is 24.1 Å². The molecular weight excluding hydrogens is 538 g/mol. The lowest BCUT2D eigenvalue weighted by Gasteiger charge is -2.46. The highest BCUT2D eigenvalue weighted by Crippen LogP contribution is 2.34. The number of benzene rings is 1. The van der Waals surface area contributed by atoms with Crippen LogP contribution in [0.4, 0.5) is 4.79 Å². The van der Waals surface area contributed by atoms with Gasteiger partial charge in [-0.1, -0.05) is 31.2 Å². The second-order valence-electron chi connectivity index (χ2n) is 13.0. The van der Waals surface area contributed by atoms with E-state index in [0.29, 0.717) is 25.3 Å². The number of ether oxygens (including phenoxy) is 2. The van der Waals surface area contributed by atoms with E-state index < -0.39 is 29.1 Å². The molecule has 1 aliphatic rings. The SMILES string of the molecule is COCCCCc1c(C(=O)N(CC(C)C)[C@@H]2CN(C(=O)OC(C)(C)C)C[C@](C)(C(=O)O)C2)nnn1-c1cccc(C)c1. The molecular formula is C31H47N5O6. The number of hydrogen-bond donors (Lipinski definition) is 1. The zero-order chi connectivity index (χ0) is 31.2. The Bertz CT molecular complexity index is 1250. The second kappa shape index (κ2) is 13.7. The summed E-state index contributed by atoms with van der Waals surface area (Å²) in [5.74, 6) is -1.27. The number of carbonyl (C=O) groups is 3. The summed E-state index contributed by atoms with van der Waals surface area (Å²) in [6, 6.07) is 7.29. The number of rotatable bonds is 11. The van der Waals surface area contributed by atoms with E-state index in [2.05, 4.69) is 10.3 Å². The molecule has 0 spiro atoms. The Balaban J connectivity index is 2.04. The van der Waals surface area contributed by atoms with Gasteiger partial charge in [0.05, 0.1) is 22.8 Å². The van der Waals surface area contributed by atoms with Crippen LogP contribution in [0, 0.1) is 18.3 Å². The summed E-state index contributed by atoms with van der Waals surface area (Å²) in [5.41, 5.74) is 0.781. The number of carboxylic acids is 1. The van der Waals surface area contributed by atoms with Crippen LogP contribution in [0.2, 0.25) is 0 Å². The van der Waals surface area contributed by atoms with Gasteiger partial charge >= 0.3 is 12.1 Å². The molecule has 2 heterocycles. The van der Waals surface area contributed by atoms with E-state index in [1.807, 2.05) is 45.0 Å². The normalized spacial score (nSPS) is 19.2. The van der Waals surface area contributed by atoms with Crippen molar-refractivity contribution in [2.45, 2.75) is 85.8 Å². The Morgan fingerprint density at radius 2 is 1.93 bits per heavy atom. The molecule has 1 aromatic heterocycles. The van der Waals surface area contributed by atoms with Gasteiger partial charge in [0.1, 0.15) is 5.60 Å². The number of carboxylic acid groups (broad SMARTS) is 1. The fourth-order valence-corrected chi connectivity index (χ4v) is 5.34. The molecule has 2 amide bonds. The van der Waals surface area contributed by atoms with Gasteiger partial charge in [-0.3, -0.25) is 9.59 Å². The number of methoxy groups -OCH3 is 1. The van der Waals surface area contributed by atoms with Crippen LogP contribution in [0.1, 0.15) is 82.6 Å². The molecule has 232 valence electrons. The maximum absolute atomic E-state index is 14.4. The van der Waals surface area contributed by atoms with E-state index >= 15 is 0 Å². The molecule has 1 aromatic carbocycles. The molecule has 1 N–H and O–H groups in total. The van der Waals surface area contributed by atoms with Gasteiger partial charge < -0.3 is 24.4 Å². The van der Waals surface area contributed by atoms with Gasteiger partial charge in [-0.15, -0.1) is 5.10 Å². The molecule has 0 saturated carbocycles. The highest BCUT2D eigenvalue weighted by molar-refractivity contribution is 5.94. The van der Waals surface area contributed by atoms with Gasteiger partial charge in [-0.2, -0.15) is 0 Å². The number of piperidine rings is 1. The van der Waals surface area contributed by atoms with Gasteiger partial charge in [0.2, 0.25) is 0 Å². The Morgan fingerprint density at radius 3 is 2.52 bits per heavy atom. The quantitative estimate of drug-likeness (QED) is 0.375. The van der Waals surface area contributed by atoms with E-state index in [9.17, 15) is 19.5 Å². The topological polar surface area (TPSA) is 127 Å². The molecule has 3 rings (SSSR count). The number of aliphatic carboxylic acids is 1. The lowest BCUT2D eigenvalue weighted by Crippen LogP contribution is -2.60. The largest absolute Gasteiger partial charge is 0.481 e. The third-order valence-electron chi connectivity index (χ3n) is 7.31. The number of aromatic nitrogens is 3. The molecule has 0 radical (unpaired) electrons. The fraction of sp³-hybridized carbons (Fsp3) is 0.645. The van der Waals surface area contributed by atoms with Gasteiger partial charge in [-0.25, -0.2) is 9.48 Å². The molecule has 1 saturated heterocycles. The van der Waals surface area contributed by atoms with Crippen LogP contribution in [0.25, 0.3) is 5.69 Å². The van der Waals surface area contributed by atoms with Crippen molar-refractivity contribution < 1.29 is 29.0 Å². The number of aryl methyl sites for hydroxylation is 1. The predicted octanol–water partition coefficient (Wildman–Crippen LogP) is 4.74. The van der Waals surface area contributed by atoms with Crippen LogP contribution in [-0.4, -0.2) is 92.9 Å². The van der Waals surface area contributed by atoms with Crippen LogP contribution >= 0.6 is 0 Å². The first-order valence-corrected chi connectivity index (χ1v) is 14.7. The molecule has 0 aliphatic carbocycles. The molecule has 1 aliphatic heterocycles. The number of likely N-dealkylation sites (tertiary alicyclic amines) is 1. The number of nitrogens with zero attached hydrogens (tertiary/aromatic N) is 5. The monoisotopic (exact) mass is 585 g/mol. The minimum absolute atomic E-state index is 0.00819. The van der Waals surface area contributed by atoms with E-state index in [-0.39, 0.29) is 37.0 Å². The smallest absolute Gasteiger partial charge is 0.410 e. The van der Waals surface area contributed by atoms with Crippen molar-refractivity contribution in [2.75, 3.05) is 33.4 Å². The van der Waals surface area contributed by atoms with Crippen LogP contribution in [0.15, 0.2) is 24.3 Å². The van der Waals surface area contributed by atoms with Crippen molar-refractivity contribution in [2.24, 2.45) is 11.3 Å². The molecule has 2 atom stereocenters. The Labute approximate surface area is 249 Å². The summed E-state index contributed by atoms with van der Waals surface area (Å²) in [6.45, 7) is 14.0. The standard InChI is InChI=1S/C31H47N5O6/c1-21(2)18-35(24-17-31(7,28(38)39)20-34(19-24)29(40)42-30(4,5)6)27(37)26-25(14-9-10-15-41-8)36(33-32-26)23-13-11-12-22(3)16-23/h11-13,16,21,24H,9-10,14-15,17-20H2,1-8H3,(H,38,39)/t24-,31+/m0/s1. The maximum Gasteiger partial charge on any atom is 0.410 e. The number of amides is 2. The van der Waals surface area contributed by atoms with Crippen molar-refractivity contribution in [3.05, 3.63) is 41.2 Å². The first-order chi connectivity index (χ1) is 19.6. The minimum Gasteiger partial charge on any atom is -0.481 e. The number of carbonyl (C=O) groups excluding carboxylic acids is 2. The van der Waals surface area contributed by atoms with Crippen molar-refractivity contribution in [3.63, 3.8) is 0 Å². The highest BCUT2D eigenvalue weighted by atomic mass is 16.6. The summed E-state index contributed by atoms with van der Waals surface area (Å²) < 4.78 is 12.5. The average Bonchev–Trinajstić information content (AvgIpc) is 3.31. The molecule has 0 bridgehead atoms. The molecule has 11 heteroatoms. The Kier molecular flexibility index (Phi) is 10.8. The van der Waals surface area contributed by atoms with Gasteiger partial charge in [0.25, 0.3) is 5.91 Å². The summed E-state index contributed by atoms with van der Waals surface area (Å²) in [4.78, 5) is 43.1. The summed E-state index contributed by atoms with van der Waals surface area (Å²) in [7, 11) is 1.66. The summed E-state index contributed by atoms with van der Waals surface area (Å²) >= 11 is 0. The van der Waals surface area contributed by atoms with Crippen LogP contribution in [-0.2, 0) is 20.7 Å². The minimum atomic E-state index is -1.27. The van der Waals surface area contributed by atoms with Crippen molar-refractivity contribution in [3.8, 4) is 5.69 Å². The zero-order valence-electron chi connectivity index (χ0n) is 26.3. The third kappa shape index (κ3) is 8.30. The van der Waals surface area contributed by atoms with Crippen LogP contribution in [0.3, 0.4) is 0 Å². The first-order valence-electron chi connectivity index (χ1n) is 14.7. The lowest BCUT2D eigenvalue weighted by atomic mass is 9.79. The van der Waals surface area contributed by atoms with Gasteiger partial charge in [0.15, 0.2) is 5.69 Å². The average molecular weight is 586 g/mol. The van der Waals surface area contributed by atoms with Crippen LogP contribution < -0.4 is 0 Å². The van der Waals surface area contributed by atoms with Gasteiger partial charge in [0, 0.05) is 33.4 Å². The lowest BCUT2D eigenvalue weighted by molar-refractivity contribution is -0.152. The van der Waals surface area contributed by atoms with Crippen LogP contribution in [0.5, 0.6) is 0 Å². The number of hydrogen-bond acceptors (Lipinski definition) is 7. The molecule has 42 heavy (non-hydrogen) atoms. The van der Waals surface area contributed by atoms with Crippen molar-refractivity contribution >= 4 is 18.0 Å². The van der Waals surface area contributed by atoms with E-state index in [1.54, 1.807) is 44.4 Å². The fourth-order valence-electron chi connectivity index (χ4n) is 5.34. The second-order valence-corrected chi connectivity index (χ2v) is 13.0. The van der Waals surface area contributed by atoms with Crippen molar-refractivity contribution in [1.82, 2.24) is 24.8 Å². The van der Waals surface area contributed by atoms with E-state index in [4.69, 9.17) is 9.47 Å². The van der Waals surface area contributed by atoms with E-state index in [1.165, 1.54) is 4.90 Å². The molecule has 11 nitrogen and oxygen atoms in total. The predicted molar refractivity (Wildman–Crippen MR) is 159 cm³/mol. The first kappa shape index (κ1) is 33.0. The highest BCUT2D eigenvalue weighted by Gasteiger charge is 2.47. The molecule has 0 unspecified atom stereocenters. The summed E-state index contributed by atoms with van der Waals surface area (Å²) in [5, 5.41) is 19.0. The Morgan fingerprint density at radius 1 is 1.21 bits per heavy atom. The van der Waals surface area contributed by atoms with Crippen molar-refractivity contribution in [1.29, 1.82) is 0 Å². The number of unbranched alkanes of at least 4 members (excludes halogenated alkanes) is 1. The molecule has 1 fully saturated rings. The Hall–Kier alpha value is -3.47. The zero-order valence-corrected chi connectivity index (χ0v) is 26.3. The third-order valence-corrected chi connectivity index (χ3v) is 7.31. The molecule has 2 aromatic rings. The van der Waals surface area contributed by atoms with Gasteiger partial charge in [-0.05, 0) is 83.9 Å². The maximum atomic E-state index is 14.4.